The first-order valence-electron chi connectivity index (χ1n) is 11.7. The van der Waals surface area contributed by atoms with E-state index in [0.29, 0.717) is 29.6 Å². The Morgan fingerprint density at radius 2 is 1.73 bits per heavy atom. The molecule has 1 aliphatic heterocycles. The summed E-state index contributed by atoms with van der Waals surface area (Å²) in [6, 6.07) is 15.0. The molecule has 0 spiro atoms. The SMILES string of the molecule is CN1CCN(C(=O)[C@H](CCCc2ccccc2)NC(=O)C2(c3ccc(Cl)cc3Cl)CC2)CC1. The highest BCUT2D eigenvalue weighted by Crippen LogP contribution is 2.51. The fourth-order valence-electron chi connectivity index (χ4n) is 4.58. The first-order valence-corrected chi connectivity index (χ1v) is 12.4. The fourth-order valence-corrected chi connectivity index (χ4v) is 5.17. The summed E-state index contributed by atoms with van der Waals surface area (Å²) in [6.07, 6.45) is 3.75. The molecule has 0 aromatic heterocycles. The van der Waals surface area contributed by atoms with E-state index in [4.69, 9.17) is 23.2 Å². The van der Waals surface area contributed by atoms with Crippen molar-refractivity contribution < 1.29 is 9.59 Å². The molecule has 0 radical (unpaired) electrons. The fraction of sp³-hybridized carbons (Fsp3) is 0.462. The van der Waals surface area contributed by atoms with Crippen LogP contribution in [0, 0.1) is 0 Å². The van der Waals surface area contributed by atoms with Crippen LogP contribution in [0.4, 0.5) is 0 Å². The van der Waals surface area contributed by atoms with Crippen LogP contribution in [0.15, 0.2) is 48.5 Å². The lowest BCUT2D eigenvalue weighted by atomic mass is 9.94. The summed E-state index contributed by atoms with van der Waals surface area (Å²) in [5, 5.41) is 4.17. The van der Waals surface area contributed by atoms with Crippen LogP contribution >= 0.6 is 23.2 Å². The van der Waals surface area contributed by atoms with Gasteiger partial charge in [0.1, 0.15) is 6.04 Å². The van der Waals surface area contributed by atoms with E-state index in [2.05, 4.69) is 29.4 Å². The molecule has 2 aromatic rings. The number of hydrogen-bond acceptors (Lipinski definition) is 3. The molecule has 1 N–H and O–H groups in total. The second kappa shape index (κ2) is 10.5. The van der Waals surface area contributed by atoms with Gasteiger partial charge in [-0.15, -0.1) is 0 Å². The number of aryl methyl sites for hydroxylation is 1. The van der Waals surface area contributed by atoms with Crippen molar-refractivity contribution in [3.05, 3.63) is 69.7 Å². The lowest BCUT2D eigenvalue weighted by molar-refractivity contribution is -0.138. The average Bonchev–Trinajstić information content (AvgIpc) is 3.61. The Bertz CT molecular complexity index is 986. The zero-order valence-electron chi connectivity index (χ0n) is 19.0. The van der Waals surface area contributed by atoms with Crippen LogP contribution in [0.3, 0.4) is 0 Å². The van der Waals surface area contributed by atoms with Gasteiger partial charge in [0.05, 0.1) is 5.41 Å². The normalized spacial score (nSPS) is 18.6. The Morgan fingerprint density at radius 3 is 2.36 bits per heavy atom. The van der Waals surface area contributed by atoms with Crippen LogP contribution < -0.4 is 5.32 Å². The van der Waals surface area contributed by atoms with Crippen molar-refractivity contribution in [2.45, 2.75) is 43.6 Å². The molecule has 2 aromatic carbocycles. The van der Waals surface area contributed by atoms with Gasteiger partial charge in [-0.2, -0.15) is 0 Å². The van der Waals surface area contributed by atoms with E-state index in [9.17, 15) is 9.59 Å². The number of carbonyl (C=O) groups is 2. The third-order valence-electron chi connectivity index (χ3n) is 6.85. The zero-order valence-corrected chi connectivity index (χ0v) is 20.5. The molecule has 2 amide bonds. The van der Waals surface area contributed by atoms with Gasteiger partial charge >= 0.3 is 0 Å². The Morgan fingerprint density at radius 1 is 1.03 bits per heavy atom. The van der Waals surface area contributed by atoms with Gasteiger partial charge in [-0.25, -0.2) is 0 Å². The minimum atomic E-state index is -0.665. The van der Waals surface area contributed by atoms with Crippen molar-refractivity contribution in [1.29, 1.82) is 0 Å². The maximum absolute atomic E-state index is 13.5. The van der Waals surface area contributed by atoms with Crippen LogP contribution in [0.2, 0.25) is 10.0 Å². The number of carbonyl (C=O) groups excluding carboxylic acids is 2. The average molecular weight is 488 g/mol. The highest BCUT2D eigenvalue weighted by atomic mass is 35.5. The smallest absolute Gasteiger partial charge is 0.245 e. The minimum absolute atomic E-state index is 0.0162. The molecule has 1 saturated carbocycles. The molecule has 176 valence electrons. The number of likely N-dealkylation sites (N-methyl/N-ethyl adjacent to an activating group) is 1. The van der Waals surface area contributed by atoms with Crippen LogP contribution in [0.1, 0.15) is 36.8 Å². The third-order valence-corrected chi connectivity index (χ3v) is 7.40. The predicted molar refractivity (Wildman–Crippen MR) is 133 cm³/mol. The summed E-state index contributed by atoms with van der Waals surface area (Å²) in [4.78, 5) is 31.0. The summed E-state index contributed by atoms with van der Waals surface area (Å²) in [5.74, 6) is -0.0959. The number of benzene rings is 2. The summed E-state index contributed by atoms with van der Waals surface area (Å²) in [6.45, 7) is 3.07. The molecule has 1 saturated heterocycles. The number of nitrogens with zero attached hydrogens (tertiary/aromatic N) is 2. The topological polar surface area (TPSA) is 52.6 Å². The van der Waals surface area contributed by atoms with Crippen molar-refractivity contribution in [2.75, 3.05) is 33.2 Å². The van der Waals surface area contributed by atoms with Crippen molar-refractivity contribution in [1.82, 2.24) is 15.1 Å². The van der Waals surface area contributed by atoms with E-state index in [0.717, 1.165) is 44.3 Å². The number of halogens is 2. The van der Waals surface area contributed by atoms with Gasteiger partial charge in [0.15, 0.2) is 0 Å². The number of hydrogen-bond donors (Lipinski definition) is 1. The molecule has 0 bridgehead atoms. The van der Waals surface area contributed by atoms with Crippen LogP contribution in [0.25, 0.3) is 0 Å². The van der Waals surface area contributed by atoms with E-state index >= 15 is 0 Å². The van der Waals surface area contributed by atoms with Crippen molar-refractivity contribution in [3.8, 4) is 0 Å². The molecular weight excluding hydrogens is 457 g/mol. The maximum Gasteiger partial charge on any atom is 0.245 e. The first kappa shape index (κ1) is 24.1. The second-order valence-electron chi connectivity index (χ2n) is 9.24. The summed E-state index contributed by atoms with van der Waals surface area (Å²) >= 11 is 12.5. The lowest BCUT2D eigenvalue weighted by Crippen LogP contribution is -2.55. The molecule has 0 unspecified atom stereocenters. The summed E-state index contributed by atoms with van der Waals surface area (Å²) < 4.78 is 0. The van der Waals surface area contributed by atoms with E-state index in [-0.39, 0.29) is 11.8 Å². The first-order chi connectivity index (χ1) is 15.9. The lowest BCUT2D eigenvalue weighted by Gasteiger charge is -2.35. The van der Waals surface area contributed by atoms with Gasteiger partial charge in [-0.3, -0.25) is 9.59 Å². The van der Waals surface area contributed by atoms with Crippen molar-refractivity contribution >= 4 is 35.0 Å². The molecule has 1 atom stereocenters. The Labute approximate surface area is 206 Å². The maximum atomic E-state index is 13.5. The molecular formula is C26H31Cl2N3O2. The van der Waals surface area contributed by atoms with Gasteiger partial charge in [-0.05, 0) is 62.4 Å². The number of amides is 2. The molecule has 1 aliphatic carbocycles. The Balaban J connectivity index is 1.47. The predicted octanol–water partition coefficient (Wildman–Crippen LogP) is 4.31. The molecule has 2 fully saturated rings. The van der Waals surface area contributed by atoms with Crippen LogP contribution in [0.5, 0.6) is 0 Å². The van der Waals surface area contributed by atoms with Crippen LogP contribution in [-0.2, 0) is 21.4 Å². The number of nitrogens with one attached hydrogen (secondary N) is 1. The molecule has 4 rings (SSSR count). The second-order valence-corrected chi connectivity index (χ2v) is 10.1. The summed E-state index contributed by atoms with van der Waals surface area (Å²) in [7, 11) is 2.06. The summed E-state index contributed by atoms with van der Waals surface area (Å²) in [5.41, 5.74) is 1.37. The van der Waals surface area contributed by atoms with Gasteiger partial charge in [0.25, 0.3) is 0 Å². The van der Waals surface area contributed by atoms with Crippen LogP contribution in [-0.4, -0.2) is 60.9 Å². The molecule has 5 nitrogen and oxygen atoms in total. The molecule has 2 aliphatic rings. The van der Waals surface area contributed by atoms with E-state index in [1.807, 2.05) is 29.2 Å². The Kier molecular flexibility index (Phi) is 7.62. The monoisotopic (exact) mass is 487 g/mol. The molecule has 1 heterocycles. The van der Waals surface area contributed by atoms with Gasteiger partial charge in [0.2, 0.25) is 11.8 Å². The minimum Gasteiger partial charge on any atom is -0.344 e. The van der Waals surface area contributed by atoms with Gasteiger partial charge in [0, 0.05) is 36.2 Å². The van der Waals surface area contributed by atoms with E-state index in [1.165, 1.54) is 5.56 Å². The third kappa shape index (κ3) is 5.71. The van der Waals surface area contributed by atoms with E-state index < -0.39 is 11.5 Å². The van der Waals surface area contributed by atoms with Crippen molar-refractivity contribution in [2.24, 2.45) is 0 Å². The number of rotatable bonds is 8. The largest absolute Gasteiger partial charge is 0.344 e. The van der Waals surface area contributed by atoms with Crippen molar-refractivity contribution in [3.63, 3.8) is 0 Å². The highest BCUT2D eigenvalue weighted by molar-refractivity contribution is 6.35. The molecule has 7 heteroatoms. The standard InChI is InChI=1S/C26H31Cl2N3O2/c1-30-14-16-31(17-15-30)24(32)23(9-5-8-19-6-3-2-4-7-19)29-25(33)26(12-13-26)21-11-10-20(27)18-22(21)28/h2-4,6-7,10-11,18,23H,5,8-9,12-17H2,1H3,(H,29,33)/t23-/m0/s1. The zero-order chi connectivity index (χ0) is 23.4. The number of piperazine rings is 1. The van der Waals surface area contributed by atoms with Gasteiger partial charge < -0.3 is 15.1 Å². The highest BCUT2D eigenvalue weighted by Gasteiger charge is 2.53. The van der Waals surface area contributed by atoms with E-state index in [1.54, 1.807) is 12.1 Å². The quantitative estimate of drug-likeness (QED) is 0.603. The Hall–Kier alpha value is -2.08. The molecule has 33 heavy (non-hydrogen) atoms. The van der Waals surface area contributed by atoms with Gasteiger partial charge in [-0.1, -0.05) is 59.6 Å².